The molecule has 20 heavy (non-hydrogen) atoms. The van der Waals surface area contributed by atoms with E-state index in [1.54, 1.807) is 13.0 Å². The highest BCUT2D eigenvalue weighted by atomic mass is 79.9. The summed E-state index contributed by atoms with van der Waals surface area (Å²) in [5.74, 6) is 0. The Bertz CT molecular complexity index is 629. The first-order chi connectivity index (χ1) is 9.13. The Morgan fingerprint density at radius 2 is 2.05 bits per heavy atom. The molecule has 0 atom stereocenters. The van der Waals surface area contributed by atoms with E-state index in [4.69, 9.17) is 10.5 Å². The van der Waals surface area contributed by atoms with Crippen molar-refractivity contribution in [1.29, 1.82) is 0 Å². The zero-order chi connectivity index (χ0) is 15.1. The maximum Gasteiger partial charge on any atom is 0.243 e. The summed E-state index contributed by atoms with van der Waals surface area (Å²) >= 11 is 3.31. The quantitative estimate of drug-likeness (QED) is 0.818. The molecule has 1 aromatic rings. The molecule has 1 aliphatic rings. The SMILES string of the molecule is Cc1cc(Br)c(N)cc1S(=O)(=O)N1CCOC(C)(C)C1. The molecule has 1 aliphatic heterocycles. The van der Waals surface area contributed by atoms with Gasteiger partial charge in [0.2, 0.25) is 10.0 Å². The van der Waals surface area contributed by atoms with Crippen LogP contribution in [0, 0.1) is 6.92 Å². The number of nitrogens with zero attached hydrogens (tertiary/aromatic N) is 1. The molecular weight excluding hydrogens is 344 g/mol. The fourth-order valence-corrected chi connectivity index (χ4v) is 4.54. The second-order valence-corrected chi connectivity index (χ2v) is 8.35. The van der Waals surface area contributed by atoms with E-state index in [2.05, 4.69) is 15.9 Å². The molecule has 0 saturated carbocycles. The molecule has 0 spiro atoms. The van der Waals surface area contributed by atoms with E-state index >= 15 is 0 Å². The van der Waals surface area contributed by atoms with Gasteiger partial charge in [0.25, 0.3) is 0 Å². The largest absolute Gasteiger partial charge is 0.398 e. The minimum absolute atomic E-state index is 0.260. The van der Waals surface area contributed by atoms with Crippen LogP contribution in [0.15, 0.2) is 21.5 Å². The Kier molecular flexibility index (Phi) is 4.17. The van der Waals surface area contributed by atoms with E-state index in [0.717, 1.165) is 0 Å². The van der Waals surface area contributed by atoms with Gasteiger partial charge < -0.3 is 10.5 Å². The number of rotatable bonds is 2. The molecule has 1 fully saturated rings. The number of aryl methyl sites for hydroxylation is 1. The van der Waals surface area contributed by atoms with Crippen LogP contribution in [-0.4, -0.2) is 38.0 Å². The van der Waals surface area contributed by atoms with Crippen LogP contribution >= 0.6 is 15.9 Å². The van der Waals surface area contributed by atoms with Crippen molar-refractivity contribution >= 4 is 31.6 Å². The summed E-state index contributed by atoms with van der Waals surface area (Å²) in [6.45, 7) is 6.64. The van der Waals surface area contributed by atoms with Crippen molar-refractivity contribution in [1.82, 2.24) is 4.31 Å². The molecule has 0 aromatic heterocycles. The molecule has 2 rings (SSSR count). The van der Waals surface area contributed by atoms with Gasteiger partial charge in [0.15, 0.2) is 0 Å². The van der Waals surface area contributed by atoms with Gasteiger partial charge in [-0.15, -0.1) is 0 Å². The average Bonchev–Trinajstić information content (AvgIpc) is 2.32. The number of nitrogen functional groups attached to an aromatic ring is 1. The van der Waals surface area contributed by atoms with Crippen molar-refractivity contribution < 1.29 is 13.2 Å². The van der Waals surface area contributed by atoms with Crippen LogP contribution in [0.5, 0.6) is 0 Å². The van der Waals surface area contributed by atoms with E-state index in [-0.39, 0.29) is 4.90 Å². The molecule has 0 aliphatic carbocycles. The van der Waals surface area contributed by atoms with Gasteiger partial charge in [-0.1, -0.05) is 0 Å². The standard InChI is InChI=1S/C13H19BrN2O3S/c1-9-6-10(14)11(15)7-12(9)20(17,18)16-4-5-19-13(2,3)8-16/h6-7H,4-5,8,15H2,1-3H3. The van der Waals surface area contributed by atoms with Crippen LogP contribution in [0.2, 0.25) is 0 Å². The Hall–Kier alpha value is -0.630. The molecule has 1 saturated heterocycles. The van der Waals surface area contributed by atoms with E-state index in [0.29, 0.717) is 35.4 Å². The van der Waals surface area contributed by atoms with Crippen LogP contribution in [0.4, 0.5) is 5.69 Å². The average molecular weight is 363 g/mol. The van der Waals surface area contributed by atoms with Crippen LogP contribution < -0.4 is 5.73 Å². The predicted molar refractivity (Wildman–Crippen MR) is 82.1 cm³/mol. The minimum Gasteiger partial charge on any atom is -0.398 e. The number of hydrogen-bond donors (Lipinski definition) is 1. The van der Waals surface area contributed by atoms with Crippen molar-refractivity contribution in [3.8, 4) is 0 Å². The number of sulfonamides is 1. The van der Waals surface area contributed by atoms with Crippen LogP contribution in [0.3, 0.4) is 0 Å². The first-order valence-electron chi connectivity index (χ1n) is 6.33. The second kappa shape index (κ2) is 5.29. The Balaban J connectivity index is 2.43. The summed E-state index contributed by atoms with van der Waals surface area (Å²) in [5.41, 5.74) is 6.44. The number of benzene rings is 1. The summed E-state index contributed by atoms with van der Waals surface area (Å²) in [4.78, 5) is 0.260. The number of ether oxygens (including phenoxy) is 1. The fraction of sp³-hybridized carbons (Fsp3) is 0.538. The lowest BCUT2D eigenvalue weighted by molar-refractivity contribution is -0.0640. The summed E-state index contributed by atoms with van der Waals surface area (Å²) in [6.07, 6.45) is 0. The topological polar surface area (TPSA) is 72.6 Å². The third kappa shape index (κ3) is 3.00. The molecule has 0 unspecified atom stereocenters. The summed E-state index contributed by atoms with van der Waals surface area (Å²) < 4.78 is 33.2. The van der Waals surface area contributed by atoms with Gasteiger partial charge >= 0.3 is 0 Å². The molecule has 112 valence electrons. The van der Waals surface area contributed by atoms with Gasteiger partial charge in [0.1, 0.15) is 0 Å². The molecule has 0 radical (unpaired) electrons. The van der Waals surface area contributed by atoms with Crippen molar-refractivity contribution in [2.45, 2.75) is 31.3 Å². The molecule has 1 heterocycles. The van der Waals surface area contributed by atoms with Crippen molar-refractivity contribution in [3.05, 3.63) is 22.2 Å². The summed E-state index contributed by atoms with van der Waals surface area (Å²) in [7, 11) is -3.55. The van der Waals surface area contributed by atoms with Gasteiger partial charge in [-0.05, 0) is 54.4 Å². The van der Waals surface area contributed by atoms with Crippen molar-refractivity contribution in [2.75, 3.05) is 25.4 Å². The van der Waals surface area contributed by atoms with Gasteiger partial charge in [-0.3, -0.25) is 0 Å². The lowest BCUT2D eigenvalue weighted by Crippen LogP contribution is -2.50. The van der Waals surface area contributed by atoms with E-state index in [1.165, 1.54) is 10.4 Å². The zero-order valence-corrected chi connectivity index (χ0v) is 14.2. The van der Waals surface area contributed by atoms with Crippen molar-refractivity contribution in [2.24, 2.45) is 0 Å². The first kappa shape index (κ1) is 15.8. The molecule has 5 nitrogen and oxygen atoms in total. The van der Waals surface area contributed by atoms with Gasteiger partial charge in [-0.2, -0.15) is 4.31 Å². The van der Waals surface area contributed by atoms with Crippen LogP contribution in [0.1, 0.15) is 19.4 Å². The lowest BCUT2D eigenvalue weighted by Gasteiger charge is -2.37. The smallest absolute Gasteiger partial charge is 0.243 e. The number of halogens is 1. The highest BCUT2D eigenvalue weighted by Gasteiger charge is 2.35. The van der Waals surface area contributed by atoms with Crippen LogP contribution in [-0.2, 0) is 14.8 Å². The van der Waals surface area contributed by atoms with Crippen molar-refractivity contribution in [3.63, 3.8) is 0 Å². The maximum atomic E-state index is 12.8. The monoisotopic (exact) mass is 362 g/mol. The molecule has 2 N–H and O–H groups in total. The Morgan fingerprint density at radius 3 is 2.65 bits per heavy atom. The van der Waals surface area contributed by atoms with E-state index in [1.807, 2.05) is 13.8 Å². The number of hydrogen-bond acceptors (Lipinski definition) is 4. The normalized spacial score (nSPS) is 20.0. The Labute approximate surface area is 128 Å². The Morgan fingerprint density at radius 1 is 1.40 bits per heavy atom. The summed E-state index contributed by atoms with van der Waals surface area (Å²) in [6, 6.07) is 3.24. The minimum atomic E-state index is -3.55. The van der Waals surface area contributed by atoms with E-state index in [9.17, 15) is 8.42 Å². The van der Waals surface area contributed by atoms with Gasteiger partial charge in [0.05, 0.1) is 17.1 Å². The molecule has 7 heteroatoms. The molecule has 0 amide bonds. The third-order valence-electron chi connectivity index (χ3n) is 3.30. The molecule has 0 bridgehead atoms. The highest BCUT2D eigenvalue weighted by Crippen LogP contribution is 2.30. The summed E-state index contributed by atoms with van der Waals surface area (Å²) in [5, 5.41) is 0. The third-order valence-corrected chi connectivity index (χ3v) is 5.98. The van der Waals surface area contributed by atoms with E-state index < -0.39 is 15.6 Å². The van der Waals surface area contributed by atoms with Gasteiger partial charge in [-0.25, -0.2) is 8.42 Å². The zero-order valence-electron chi connectivity index (χ0n) is 11.8. The molecule has 1 aromatic carbocycles. The predicted octanol–water partition coefficient (Wildman–Crippen LogP) is 2.14. The number of nitrogens with two attached hydrogens (primary N) is 1. The van der Waals surface area contributed by atoms with Gasteiger partial charge in [0, 0.05) is 23.2 Å². The first-order valence-corrected chi connectivity index (χ1v) is 8.56. The lowest BCUT2D eigenvalue weighted by atomic mass is 10.1. The molecular formula is C13H19BrN2O3S. The fourth-order valence-electron chi connectivity index (χ4n) is 2.26. The van der Waals surface area contributed by atoms with Crippen LogP contribution in [0.25, 0.3) is 0 Å². The number of anilines is 1. The maximum absolute atomic E-state index is 12.8. The highest BCUT2D eigenvalue weighted by molar-refractivity contribution is 9.10. The second-order valence-electron chi connectivity index (χ2n) is 5.59. The number of morpholine rings is 1.